The third kappa shape index (κ3) is 8.09. The van der Waals surface area contributed by atoms with Gasteiger partial charge in [0.2, 0.25) is 0 Å². The predicted molar refractivity (Wildman–Crippen MR) is 105 cm³/mol. The highest BCUT2D eigenvalue weighted by Crippen LogP contribution is 2.17. The van der Waals surface area contributed by atoms with E-state index < -0.39 is 6.10 Å². The van der Waals surface area contributed by atoms with Crippen LogP contribution in [-0.2, 0) is 0 Å². The zero-order valence-corrected chi connectivity index (χ0v) is 15.8. The molecule has 2 aromatic rings. The summed E-state index contributed by atoms with van der Waals surface area (Å²) in [5, 5.41) is 13.3. The van der Waals surface area contributed by atoms with Gasteiger partial charge in [-0.15, -0.1) is 12.4 Å². The van der Waals surface area contributed by atoms with Gasteiger partial charge in [0.15, 0.2) is 0 Å². The Hall–Kier alpha value is -1.99. The number of hydrogen-bond donors (Lipinski definition) is 2. The van der Waals surface area contributed by atoms with E-state index >= 15 is 0 Å². The Bertz CT molecular complexity index is 699. The molecule has 0 saturated carbocycles. The Kier molecular flexibility index (Phi) is 8.51. The van der Waals surface area contributed by atoms with Gasteiger partial charge >= 0.3 is 0 Å². The highest BCUT2D eigenvalue weighted by Gasteiger charge is 2.13. The van der Waals surface area contributed by atoms with Crippen molar-refractivity contribution in [2.24, 2.45) is 0 Å². The Labute approximate surface area is 156 Å². The minimum atomic E-state index is -0.570. The summed E-state index contributed by atoms with van der Waals surface area (Å²) in [6.45, 7) is 6.91. The molecule has 0 aliphatic rings. The lowest BCUT2D eigenvalue weighted by Gasteiger charge is -2.23. The maximum absolute atomic E-state index is 10.0. The van der Waals surface area contributed by atoms with Crippen LogP contribution in [0.15, 0.2) is 54.6 Å². The molecule has 0 heterocycles. The second-order valence-electron chi connectivity index (χ2n) is 6.71. The van der Waals surface area contributed by atoms with E-state index in [1.54, 1.807) is 0 Å². The Morgan fingerprint density at radius 3 is 2.32 bits per heavy atom. The van der Waals surface area contributed by atoms with Gasteiger partial charge in [-0.1, -0.05) is 42.2 Å². The fourth-order valence-corrected chi connectivity index (χ4v) is 2.03. The standard InChI is InChI=1S/C21H25NO2.ClH/c1-21(2,3)22-15-19(23)16-24-20-12-8-7-11-18(20)14-13-17-9-5-4-6-10-17;/h4-12,19,22-23H,15-16H2,1-3H3;1H. The van der Waals surface area contributed by atoms with Crippen LogP contribution in [0.2, 0.25) is 0 Å². The van der Waals surface area contributed by atoms with E-state index in [1.165, 1.54) is 0 Å². The van der Waals surface area contributed by atoms with Gasteiger partial charge in [0, 0.05) is 17.6 Å². The van der Waals surface area contributed by atoms with E-state index in [0.717, 1.165) is 11.1 Å². The fourth-order valence-electron chi connectivity index (χ4n) is 2.03. The quantitative estimate of drug-likeness (QED) is 0.801. The Balaban J connectivity index is 0.00000312. The number of ether oxygens (including phenoxy) is 1. The smallest absolute Gasteiger partial charge is 0.135 e. The first kappa shape index (κ1) is 21.1. The first-order valence-electron chi connectivity index (χ1n) is 8.16. The van der Waals surface area contributed by atoms with Crippen LogP contribution in [0.25, 0.3) is 0 Å². The molecule has 2 N–H and O–H groups in total. The summed E-state index contributed by atoms with van der Waals surface area (Å²) in [6.07, 6.45) is -0.570. The van der Waals surface area contributed by atoms with Crippen LogP contribution in [0.1, 0.15) is 31.9 Å². The predicted octanol–water partition coefficient (Wildman–Crippen LogP) is 3.64. The number of β-amino-alcohol motifs (C(OH)–C–C–N with tert-alkyl or cyclic N) is 1. The average molecular weight is 360 g/mol. The summed E-state index contributed by atoms with van der Waals surface area (Å²) in [5.74, 6) is 6.96. The molecule has 0 amide bonds. The first-order valence-corrected chi connectivity index (χ1v) is 8.16. The summed E-state index contributed by atoms with van der Waals surface area (Å²) in [7, 11) is 0. The van der Waals surface area contributed by atoms with E-state index in [0.29, 0.717) is 12.3 Å². The molecule has 134 valence electrons. The van der Waals surface area contributed by atoms with Gasteiger partial charge in [-0.2, -0.15) is 0 Å². The molecule has 3 nitrogen and oxygen atoms in total. The number of nitrogens with one attached hydrogen (secondary N) is 1. The molecule has 4 heteroatoms. The summed E-state index contributed by atoms with van der Waals surface area (Å²) >= 11 is 0. The summed E-state index contributed by atoms with van der Waals surface area (Å²) in [6, 6.07) is 17.5. The number of benzene rings is 2. The van der Waals surface area contributed by atoms with Gasteiger partial charge in [0.05, 0.1) is 5.56 Å². The van der Waals surface area contributed by atoms with Crippen LogP contribution in [-0.4, -0.2) is 29.9 Å². The van der Waals surface area contributed by atoms with Crippen molar-refractivity contribution in [2.45, 2.75) is 32.4 Å². The second kappa shape index (κ2) is 10.1. The number of halogens is 1. The number of aliphatic hydroxyl groups is 1. The van der Waals surface area contributed by atoms with Crippen LogP contribution in [0.4, 0.5) is 0 Å². The molecule has 0 fully saturated rings. The molecule has 1 unspecified atom stereocenters. The van der Waals surface area contributed by atoms with Crippen molar-refractivity contribution in [1.82, 2.24) is 5.32 Å². The average Bonchev–Trinajstić information content (AvgIpc) is 2.57. The fraction of sp³-hybridized carbons (Fsp3) is 0.333. The van der Waals surface area contributed by atoms with Gasteiger partial charge in [-0.05, 0) is 45.0 Å². The van der Waals surface area contributed by atoms with Crippen molar-refractivity contribution in [2.75, 3.05) is 13.2 Å². The van der Waals surface area contributed by atoms with E-state index in [-0.39, 0.29) is 24.6 Å². The molecule has 0 saturated heterocycles. The first-order chi connectivity index (χ1) is 11.4. The van der Waals surface area contributed by atoms with Gasteiger partial charge in [0.25, 0.3) is 0 Å². The normalized spacial score (nSPS) is 11.7. The topological polar surface area (TPSA) is 41.5 Å². The van der Waals surface area contributed by atoms with Crippen LogP contribution in [0.3, 0.4) is 0 Å². The minimum absolute atomic E-state index is 0. The zero-order valence-electron chi connectivity index (χ0n) is 15.0. The summed E-state index contributed by atoms with van der Waals surface area (Å²) in [4.78, 5) is 0. The van der Waals surface area contributed by atoms with E-state index in [4.69, 9.17) is 4.74 Å². The molecule has 2 rings (SSSR count). The van der Waals surface area contributed by atoms with Crippen LogP contribution >= 0.6 is 12.4 Å². The molecule has 1 atom stereocenters. The van der Waals surface area contributed by atoms with Gasteiger partial charge < -0.3 is 15.2 Å². The Morgan fingerprint density at radius 2 is 1.64 bits per heavy atom. The lowest BCUT2D eigenvalue weighted by Crippen LogP contribution is -2.42. The van der Waals surface area contributed by atoms with Crippen LogP contribution < -0.4 is 10.1 Å². The highest BCUT2D eigenvalue weighted by molar-refractivity contribution is 5.85. The molecule has 0 spiro atoms. The van der Waals surface area contributed by atoms with Crippen molar-refractivity contribution < 1.29 is 9.84 Å². The lowest BCUT2D eigenvalue weighted by atomic mass is 10.1. The third-order valence-corrected chi connectivity index (χ3v) is 3.30. The van der Waals surface area contributed by atoms with Gasteiger partial charge in [-0.25, -0.2) is 0 Å². The molecular formula is C21H26ClNO2. The van der Waals surface area contributed by atoms with Crippen LogP contribution in [0.5, 0.6) is 5.75 Å². The number of hydrogen-bond acceptors (Lipinski definition) is 3. The third-order valence-electron chi connectivity index (χ3n) is 3.30. The van der Waals surface area contributed by atoms with Crippen molar-refractivity contribution in [1.29, 1.82) is 0 Å². The van der Waals surface area contributed by atoms with Crippen molar-refractivity contribution in [3.8, 4) is 17.6 Å². The monoisotopic (exact) mass is 359 g/mol. The maximum atomic E-state index is 10.0. The second-order valence-corrected chi connectivity index (χ2v) is 6.71. The number of rotatable bonds is 5. The van der Waals surface area contributed by atoms with E-state index in [1.807, 2.05) is 54.6 Å². The van der Waals surface area contributed by atoms with Crippen molar-refractivity contribution >= 4 is 12.4 Å². The molecule has 0 bridgehead atoms. The number of para-hydroxylation sites is 1. The lowest BCUT2D eigenvalue weighted by molar-refractivity contribution is 0.0999. The van der Waals surface area contributed by atoms with Crippen LogP contribution in [0, 0.1) is 11.8 Å². The molecule has 2 aromatic carbocycles. The van der Waals surface area contributed by atoms with E-state index in [9.17, 15) is 5.11 Å². The molecular weight excluding hydrogens is 334 g/mol. The highest BCUT2D eigenvalue weighted by atomic mass is 35.5. The Morgan fingerprint density at radius 1 is 1.00 bits per heavy atom. The van der Waals surface area contributed by atoms with Crippen molar-refractivity contribution in [3.05, 3.63) is 65.7 Å². The zero-order chi connectivity index (χ0) is 17.4. The molecule has 0 aliphatic heterocycles. The number of aliphatic hydroxyl groups excluding tert-OH is 1. The summed E-state index contributed by atoms with van der Waals surface area (Å²) < 4.78 is 5.76. The summed E-state index contributed by atoms with van der Waals surface area (Å²) in [5.41, 5.74) is 1.75. The SMILES string of the molecule is CC(C)(C)NCC(O)COc1ccccc1C#Cc1ccccc1.Cl. The minimum Gasteiger partial charge on any atom is -0.490 e. The van der Waals surface area contributed by atoms with Gasteiger partial charge in [-0.3, -0.25) is 0 Å². The largest absolute Gasteiger partial charge is 0.490 e. The van der Waals surface area contributed by atoms with Gasteiger partial charge in [0.1, 0.15) is 18.5 Å². The molecule has 25 heavy (non-hydrogen) atoms. The molecule has 0 aromatic heterocycles. The van der Waals surface area contributed by atoms with Crippen molar-refractivity contribution in [3.63, 3.8) is 0 Å². The molecule has 0 aliphatic carbocycles. The van der Waals surface area contributed by atoms with E-state index in [2.05, 4.69) is 37.9 Å². The molecule has 0 radical (unpaired) electrons. The maximum Gasteiger partial charge on any atom is 0.135 e.